The van der Waals surface area contributed by atoms with Crippen LogP contribution in [0.25, 0.3) is 0 Å². The summed E-state index contributed by atoms with van der Waals surface area (Å²) in [6.45, 7) is 3.00. The summed E-state index contributed by atoms with van der Waals surface area (Å²) in [7, 11) is 0. The van der Waals surface area contributed by atoms with Gasteiger partial charge in [0, 0.05) is 19.0 Å². The van der Waals surface area contributed by atoms with Gasteiger partial charge in [0.15, 0.2) is 0 Å². The van der Waals surface area contributed by atoms with Crippen LogP contribution in [0.1, 0.15) is 51.9 Å². The first-order valence-electron chi connectivity index (χ1n) is 6.26. The normalized spacial score (nSPS) is 17.5. The van der Waals surface area contributed by atoms with Gasteiger partial charge >= 0.3 is 0 Å². The summed E-state index contributed by atoms with van der Waals surface area (Å²) >= 11 is 0. The first-order valence-corrected chi connectivity index (χ1v) is 6.26. The van der Waals surface area contributed by atoms with Gasteiger partial charge in [0.05, 0.1) is 0 Å². The highest BCUT2D eigenvalue weighted by Gasteiger charge is 2.29. The topological polar surface area (TPSA) is 55.1 Å². The highest BCUT2D eigenvalue weighted by Crippen LogP contribution is 2.32. The molecule has 0 aliphatic heterocycles. The first kappa shape index (κ1) is 12.5. The minimum atomic E-state index is 0.0978. The van der Waals surface area contributed by atoms with E-state index in [0.29, 0.717) is 12.3 Å². The molecule has 1 aliphatic carbocycles. The molecule has 3 heteroatoms. The number of hydrogen-bond acceptors (Lipinski definition) is 2. The number of carbonyl (C=O) groups excluding carboxylic acids is 1. The smallest absolute Gasteiger partial charge is 0.221 e. The zero-order valence-corrected chi connectivity index (χ0v) is 9.80. The third-order valence-electron chi connectivity index (χ3n) is 3.00. The van der Waals surface area contributed by atoms with Gasteiger partial charge < -0.3 is 11.1 Å². The number of hydrogen-bond donors (Lipinski definition) is 2. The summed E-state index contributed by atoms with van der Waals surface area (Å²) in [5.41, 5.74) is 5.87. The predicted molar refractivity (Wildman–Crippen MR) is 62.5 cm³/mol. The van der Waals surface area contributed by atoms with Crippen LogP contribution in [0.2, 0.25) is 0 Å². The molecule has 3 N–H and O–H groups in total. The molecular formula is C12H24N2O. The molecule has 1 atom stereocenters. The summed E-state index contributed by atoms with van der Waals surface area (Å²) in [4.78, 5) is 11.4. The summed E-state index contributed by atoms with van der Waals surface area (Å²) in [6, 6.07) is 0.0978. The lowest BCUT2D eigenvalue weighted by atomic mass is 10.1. The standard InChI is InChI=1S/C12H24N2O/c1-2-3-4-5-8-14-12(15)9-11(13)10-6-7-10/h10-11H,2-9,13H2,1H3,(H,14,15). The number of nitrogens with two attached hydrogens (primary N) is 1. The van der Waals surface area contributed by atoms with Crippen LogP contribution in [0.15, 0.2) is 0 Å². The lowest BCUT2D eigenvalue weighted by molar-refractivity contribution is -0.121. The first-order chi connectivity index (χ1) is 7.24. The maximum Gasteiger partial charge on any atom is 0.221 e. The van der Waals surface area contributed by atoms with Crippen molar-refractivity contribution < 1.29 is 4.79 Å². The van der Waals surface area contributed by atoms with Crippen LogP contribution in [-0.2, 0) is 4.79 Å². The molecule has 0 spiro atoms. The zero-order chi connectivity index (χ0) is 11.1. The van der Waals surface area contributed by atoms with Crippen molar-refractivity contribution in [1.82, 2.24) is 5.32 Å². The largest absolute Gasteiger partial charge is 0.356 e. The molecule has 0 radical (unpaired) electrons. The van der Waals surface area contributed by atoms with Crippen molar-refractivity contribution in [3.8, 4) is 0 Å². The molecule has 3 nitrogen and oxygen atoms in total. The Bertz CT molecular complexity index is 190. The molecule has 1 unspecified atom stereocenters. The maximum atomic E-state index is 11.4. The molecule has 88 valence electrons. The zero-order valence-electron chi connectivity index (χ0n) is 9.80. The molecule has 1 aliphatic rings. The summed E-state index contributed by atoms with van der Waals surface area (Å²) in [5, 5.41) is 2.94. The van der Waals surface area contributed by atoms with Crippen LogP contribution in [0.4, 0.5) is 0 Å². The molecule has 0 aromatic carbocycles. The molecule has 1 rings (SSSR count). The van der Waals surface area contributed by atoms with Crippen LogP contribution in [-0.4, -0.2) is 18.5 Å². The second-order valence-electron chi connectivity index (χ2n) is 4.62. The van der Waals surface area contributed by atoms with Crippen molar-refractivity contribution in [2.75, 3.05) is 6.54 Å². The van der Waals surface area contributed by atoms with Crippen molar-refractivity contribution in [3.05, 3.63) is 0 Å². The van der Waals surface area contributed by atoms with Crippen LogP contribution >= 0.6 is 0 Å². The van der Waals surface area contributed by atoms with Crippen LogP contribution in [0, 0.1) is 5.92 Å². The average Bonchev–Trinajstić information content (AvgIpc) is 3.00. The van der Waals surface area contributed by atoms with Gasteiger partial charge in [-0.3, -0.25) is 4.79 Å². The number of rotatable bonds is 8. The van der Waals surface area contributed by atoms with E-state index in [0.717, 1.165) is 13.0 Å². The van der Waals surface area contributed by atoms with Gasteiger partial charge in [0.1, 0.15) is 0 Å². The minimum absolute atomic E-state index is 0.0978. The molecule has 0 aromatic rings. The second-order valence-corrected chi connectivity index (χ2v) is 4.62. The van der Waals surface area contributed by atoms with Crippen LogP contribution in [0.3, 0.4) is 0 Å². The second kappa shape index (κ2) is 6.83. The molecule has 1 saturated carbocycles. The fourth-order valence-electron chi connectivity index (χ4n) is 1.76. The average molecular weight is 212 g/mol. The molecule has 15 heavy (non-hydrogen) atoms. The summed E-state index contributed by atoms with van der Waals surface area (Å²) in [6.07, 6.45) is 7.75. The SMILES string of the molecule is CCCCCCNC(=O)CC(N)C1CC1. The number of nitrogens with one attached hydrogen (secondary N) is 1. The van der Waals surface area contributed by atoms with Crippen LogP contribution in [0.5, 0.6) is 0 Å². The highest BCUT2D eigenvalue weighted by atomic mass is 16.1. The quantitative estimate of drug-likeness (QED) is 0.603. The Morgan fingerprint density at radius 1 is 1.40 bits per heavy atom. The monoisotopic (exact) mass is 212 g/mol. The summed E-state index contributed by atoms with van der Waals surface area (Å²) in [5.74, 6) is 0.752. The Kier molecular flexibility index (Phi) is 5.69. The number of carbonyl (C=O) groups is 1. The van der Waals surface area contributed by atoms with Crippen molar-refractivity contribution in [1.29, 1.82) is 0 Å². The van der Waals surface area contributed by atoms with Crippen molar-refractivity contribution in [2.45, 2.75) is 57.9 Å². The van der Waals surface area contributed by atoms with E-state index in [9.17, 15) is 4.79 Å². The minimum Gasteiger partial charge on any atom is -0.356 e. The van der Waals surface area contributed by atoms with Crippen molar-refractivity contribution in [2.24, 2.45) is 11.7 Å². The fraction of sp³-hybridized carbons (Fsp3) is 0.917. The number of unbranched alkanes of at least 4 members (excludes halogenated alkanes) is 3. The van der Waals surface area contributed by atoms with E-state index >= 15 is 0 Å². The lowest BCUT2D eigenvalue weighted by Crippen LogP contribution is -2.33. The van der Waals surface area contributed by atoms with E-state index in [2.05, 4.69) is 12.2 Å². The molecular weight excluding hydrogens is 188 g/mol. The Labute approximate surface area is 92.8 Å². The van der Waals surface area contributed by atoms with E-state index in [1.54, 1.807) is 0 Å². The molecule has 0 bridgehead atoms. The Balaban J connectivity index is 1.93. The van der Waals surface area contributed by atoms with E-state index in [1.165, 1.54) is 32.1 Å². The van der Waals surface area contributed by atoms with Gasteiger partial charge in [-0.2, -0.15) is 0 Å². The maximum absolute atomic E-state index is 11.4. The van der Waals surface area contributed by atoms with E-state index in [-0.39, 0.29) is 11.9 Å². The fourth-order valence-corrected chi connectivity index (χ4v) is 1.76. The van der Waals surface area contributed by atoms with Crippen molar-refractivity contribution >= 4 is 5.91 Å². The van der Waals surface area contributed by atoms with Gasteiger partial charge in [-0.05, 0) is 25.2 Å². The Hall–Kier alpha value is -0.570. The lowest BCUT2D eigenvalue weighted by Gasteiger charge is -2.10. The Morgan fingerprint density at radius 3 is 2.73 bits per heavy atom. The highest BCUT2D eigenvalue weighted by molar-refractivity contribution is 5.76. The van der Waals surface area contributed by atoms with Gasteiger partial charge in [0.2, 0.25) is 5.91 Å². The molecule has 0 heterocycles. The summed E-state index contributed by atoms with van der Waals surface area (Å²) < 4.78 is 0. The predicted octanol–water partition coefficient (Wildman–Crippen LogP) is 1.81. The van der Waals surface area contributed by atoms with E-state index < -0.39 is 0 Å². The van der Waals surface area contributed by atoms with Gasteiger partial charge in [-0.15, -0.1) is 0 Å². The Morgan fingerprint density at radius 2 is 2.13 bits per heavy atom. The molecule has 1 fully saturated rings. The number of amides is 1. The van der Waals surface area contributed by atoms with Crippen molar-refractivity contribution in [3.63, 3.8) is 0 Å². The molecule has 1 amide bonds. The van der Waals surface area contributed by atoms with Gasteiger partial charge in [-0.1, -0.05) is 26.2 Å². The van der Waals surface area contributed by atoms with Gasteiger partial charge in [0.25, 0.3) is 0 Å². The van der Waals surface area contributed by atoms with Gasteiger partial charge in [-0.25, -0.2) is 0 Å². The third kappa shape index (κ3) is 5.78. The third-order valence-corrected chi connectivity index (χ3v) is 3.00. The van der Waals surface area contributed by atoms with E-state index in [1.807, 2.05) is 0 Å². The molecule has 0 saturated heterocycles. The van der Waals surface area contributed by atoms with E-state index in [4.69, 9.17) is 5.73 Å². The molecule has 0 aromatic heterocycles. The van der Waals surface area contributed by atoms with Crippen LogP contribution < -0.4 is 11.1 Å².